The Labute approximate surface area is 87.5 Å². The van der Waals surface area contributed by atoms with Crippen molar-refractivity contribution in [3.63, 3.8) is 0 Å². The van der Waals surface area contributed by atoms with Gasteiger partial charge in [-0.15, -0.1) is 0 Å². The monoisotopic (exact) mass is 206 g/mol. The predicted molar refractivity (Wildman–Crippen MR) is 56.9 cm³/mol. The average Bonchev–Trinajstić information content (AvgIpc) is 2.93. The third kappa shape index (κ3) is 1.14. The fraction of sp³-hybridized carbons (Fsp3) is 0.364. The minimum atomic E-state index is 0.702. The highest BCUT2D eigenvalue weighted by molar-refractivity contribution is 6.30. The molecule has 0 N–H and O–H groups in total. The first-order valence-corrected chi connectivity index (χ1v) is 5.27. The number of fused-ring (bicyclic) bond motifs is 1. The van der Waals surface area contributed by atoms with E-state index in [4.69, 9.17) is 11.6 Å². The fourth-order valence-corrected chi connectivity index (χ4v) is 2.06. The maximum Gasteiger partial charge on any atom is 0.138 e. The quantitative estimate of drug-likeness (QED) is 0.701. The summed E-state index contributed by atoms with van der Waals surface area (Å²) in [6.07, 6.45) is 4.57. The molecule has 0 atom stereocenters. The van der Waals surface area contributed by atoms with E-state index in [0.29, 0.717) is 5.92 Å². The first-order valence-electron chi connectivity index (χ1n) is 4.90. The van der Waals surface area contributed by atoms with Gasteiger partial charge in [-0.3, -0.25) is 0 Å². The van der Waals surface area contributed by atoms with Crippen LogP contribution < -0.4 is 0 Å². The maximum absolute atomic E-state index is 5.92. The minimum Gasteiger partial charge on any atom is -0.304 e. The van der Waals surface area contributed by atoms with Crippen molar-refractivity contribution in [3.8, 4) is 0 Å². The van der Waals surface area contributed by atoms with Crippen molar-refractivity contribution in [2.24, 2.45) is 0 Å². The lowest BCUT2D eigenvalue weighted by atomic mass is 10.2. The van der Waals surface area contributed by atoms with Crippen molar-refractivity contribution in [2.75, 3.05) is 0 Å². The zero-order chi connectivity index (χ0) is 9.71. The molecule has 0 spiro atoms. The van der Waals surface area contributed by atoms with E-state index in [9.17, 15) is 0 Å². The molecule has 2 aromatic heterocycles. The Morgan fingerprint density at radius 1 is 1.50 bits per heavy atom. The molecule has 3 heteroatoms. The molecule has 0 aliphatic heterocycles. The van der Waals surface area contributed by atoms with Crippen LogP contribution in [-0.4, -0.2) is 9.38 Å². The zero-order valence-electron chi connectivity index (χ0n) is 8.00. The van der Waals surface area contributed by atoms with E-state index in [1.54, 1.807) is 0 Å². The van der Waals surface area contributed by atoms with Gasteiger partial charge in [-0.25, -0.2) is 4.98 Å². The van der Waals surface area contributed by atoms with Gasteiger partial charge in [0.15, 0.2) is 0 Å². The zero-order valence-corrected chi connectivity index (χ0v) is 8.75. The highest BCUT2D eigenvalue weighted by Gasteiger charge is 2.28. The number of aromatic nitrogens is 2. The molecule has 1 saturated carbocycles. The van der Waals surface area contributed by atoms with E-state index < -0.39 is 0 Å². The van der Waals surface area contributed by atoms with Gasteiger partial charge in [-0.1, -0.05) is 11.6 Å². The van der Waals surface area contributed by atoms with E-state index in [2.05, 4.69) is 16.3 Å². The summed E-state index contributed by atoms with van der Waals surface area (Å²) in [5, 5.41) is 0.754. The van der Waals surface area contributed by atoms with Gasteiger partial charge in [-0.2, -0.15) is 0 Å². The third-order valence-electron chi connectivity index (χ3n) is 2.83. The second-order valence-electron chi connectivity index (χ2n) is 3.93. The topological polar surface area (TPSA) is 17.3 Å². The van der Waals surface area contributed by atoms with Gasteiger partial charge in [0.25, 0.3) is 0 Å². The van der Waals surface area contributed by atoms with Crippen LogP contribution >= 0.6 is 11.6 Å². The van der Waals surface area contributed by atoms with Crippen LogP contribution in [0.5, 0.6) is 0 Å². The van der Waals surface area contributed by atoms with Crippen molar-refractivity contribution in [1.29, 1.82) is 0 Å². The summed E-state index contributed by atoms with van der Waals surface area (Å²) in [6, 6.07) is 3.82. The summed E-state index contributed by atoms with van der Waals surface area (Å²) in [5.74, 6) is 0.702. The first kappa shape index (κ1) is 8.30. The number of hydrogen-bond donors (Lipinski definition) is 0. The number of nitrogens with zero attached hydrogens (tertiary/aromatic N) is 2. The summed E-state index contributed by atoms with van der Waals surface area (Å²) < 4.78 is 2.11. The molecule has 14 heavy (non-hydrogen) atoms. The van der Waals surface area contributed by atoms with E-state index in [1.165, 1.54) is 24.2 Å². The Kier molecular flexibility index (Phi) is 1.62. The van der Waals surface area contributed by atoms with Gasteiger partial charge in [-0.05, 0) is 25.8 Å². The normalized spacial score (nSPS) is 16.4. The number of rotatable bonds is 1. The van der Waals surface area contributed by atoms with Gasteiger partial charge in [0, 0.05) is 28.9 Å². The minimum absolute atomic E-state index is 0.702. The summed E-state index contributed by atoms with van der Waals surface area (Å²) in [5.41, 5.74) is 3.49. The van der Waals surface area contributed by atoms with Crippen molar-refractivity contribution < 1.29 is 0 Å². The summed E-state index contributed by atoms with van der Waals surface area (Å²) >= 11 is 5.92. The molecular weight excluding hydrogens is 196 g/mol. The Hall–Kier alpha value is -1.02. The van der Waals surface area contributed by atoms with Gasteiger partial charge >= 0.3 is 0 Å². The number of pyridine rings is 1. The number of hydrogen-bond acceptors (Lipinski definition) is 1. The molecule has 0 aromatic carbocycles. The van der Waals surface area contributed by atoms with Crippen LogP contribution in [-0.2, 0) is 0 Å². The largest absolute Gasteiger partial charge is 0.304 e. The van der Waals surface area contributed by atoms with Crippen LogP contribution in [0.2, 0.25) is 5.02 Å². The van der Waals surface area contributed by atoms with Crippen LogP contribution in [0.3, 0.4) is 0 Å². The van der Waals surface area contributed by atoms with Crippen molar-refractivity contribution in [2.45, 2.75) is 25.7 Å². The molecular formula is C11H11ClN2. The molecule has 1 aliphatic rings. The number of aryl methyl sites for hydroxylation is 1. The van der Waals surface area contributed by atoms with E-state index >= 15 is 0 Å². The predicted octanol–water partition coefficient (Wildman–Crippen LogP) is 3.17. The molecule has 0 amide bonds. The van der Waals surface area contributed by atoms with E-state index in [-0.39, 0.29) is 0 Å². The van der Waals surface area contributed by atoms with Crippen LogP contribution in [0.15, 0.2) is 18.3 Å². The molecule has 0 unspecified atom stereocenters. The van der Waals surface area contributed by atoms with Gasteiger partial charge in [0.05, 0.1) is 5.69 Å². The Bertz CT molecular complexity index is 497. The Balaban J connectivity index is 2.28. The number of halogens is 1. The maximum atomic E-state index is 5.92. The van der Waals surface area contributed by atoms with Crippen molar-refractivity contribution >= 4 is 17.2 Å². The lowest BCUT2D eigenvalue weighted by molar-refractivity contribution is 1.01. The second kappa shape index (κ2) is 2.74. The smallest absolute Gasteiger partial charge is 0.138 e. The van der Waals surface area contributed by atoms with Crippen LogP contribution in [0.4, 0.5) is 0 Å². The molecule has 0 radical (unpaired) electrons. The fourth-order valence-electron chi connectivity index (χ4n) is 1.90. The highest BCUT2D eigenvalue weighted by atomic mass is 35.5. The first-order chi connectivity index (χ1) is 6.75. The second-order valence-corrected chi connectivity index (χ2v) is 4.37. The molecule has 1 fully saturated rings. The van der Waals surface area contributed by atoms with E-state index in [1.807, 2.05) is 18.3 Å². The molecule has 72 valence electrons. The summed E-state index contributed by atoms with van der Waals surface area (Å²) in [7, 11) is 0. The molecule has 2 aromatic rings. The number of imidazole rings is 1. The Morgan fingerprint density at radius 3 is 3.00 bits per heavy atom. The SMILES string of the molecule is Cc1c(C2CC2)nc2cc(Cl)ccn12. The Morgan fingerprint density at radius 2 is 2.29 bits per heavy atom. The molecule has 1 aliphatic carbocycles. The molecule has 2 heterocycles. The van der Waals surface area contributed by atoms with Crippen molar-refractivity contribution in [1.82, 2.24) is 9.38 Å². The van der Waals surface area contributed by atoms with Crippen LogP contribution in [0.1, 0.15) is 30.1 Å². The average molecular weight is 207 g/mol. The van der Waals surface area contributed by atoms with Gasteiger partial charge in [0.2, 0.25) is 0 Å². The standard InChI is InChI=1S/C11H11ClN2/c1-7-11(8-2-3-8)13-10-6-9(12)4-5-14(7)10/h4-6,8H,2-3H2,1H3. The lowest BCUT2D eigenvalue weighted by Crippen LogP contribution is -1.87. The summed E-state index contributed by atoms with van der Waals surface area (Å²) in [4.78, 5) is 4.61. The van der Waals surface area contributed by atoms with Crippen LogP contribution in [0, 0.1) is 6.92 Å². The van der Waals surface area contributed by atoms with Gasteiger partial charge in [0.1, 0.15) is 5.65 Å². The van der Waals surface area contributed by atoms with Gasteiger partial charge < -0.3 is 4.40 Å². The summed E-state index contributed by atoms with van der Waals surface area (Å²) in [6.45, 7) is 2.13. The highest BCUT2D eigenvalue weighted by Crippen LogP contribution is 2.41. The van der Waals surface area contributed by atoms with Crippen LogP contribution in [0.25, 0.3) is 5.65 Å². The van der Waals surface area contributed by atoms with E-state index in [0.717, 1.165) is 10.7 Å². The third-order valence-corrected chi connectivity index (χ3v) is 3.06. The lowest BCUT2D eigenvalue weighted by Gasteiger charge is -1.96. The molecule has 0 bridgehead atoms. The van der Waals surface area contributed by atoms with Crippen molar-refractivity contribution in [3.05, 3.63) is 34.7 Å². The molecule has 0 saturated heterocycles. The molecule has 3 rings (SSSR count). The molecule has 2 nitrogen and oxygen atoms in total.